The van der Waals surface area contributed by atoms with Crippen LogP contribution in [0.5, 0.6) is 0 Å². The molecule has 1 saturated heterocycles. The van der Waals surface area contributed by atoms with Gasteiger partial charge in [0.05, 0.1) is 16.9 Å². The highest BCUT2D eigenvalue weighted by Gasteiger charge is 2.30. The second kappa shape index (κ2) is 9.65. The molecule has 2 aromatic carbocycles. The number of halogens is 1. The van der Waals surface area contributed by atoms with Gasteiger partial charge in [-0.3, -0.25) is 4.21 Å². The topological polar surface area (TPSA) is 29.5 Å². The molecule has 0 aromatic heterocycles. The van der Waals surface area contributed by atoms with Crippen LogP contribution in [0.25, 0.3) is 0 Å². The third-order valence-electron chi connectivity index (χ3n) is 5.05. The number of likely N-dealkylation sites (tertiary alicyclic amines) is 1. The largest absolute Gasteiger partial charge is 0.381 e. The third-order valence-corrected chi connectivity index (χ3v) is 6.83. The molecule has 0 aliphatic carbocycles. The van der Waals surface area contributed by atoms with Crippen molar-refractivity contribution in [2.45, 2.75) is 23.8 Å². The van der Waals surface area contributed by atoms with Crippen LogP contribution in [0.2, 0.25) is 5.02 Å². The molecule has 0 bridgehead atoms. The molecule has 26 heavy (non-hydrogen) atoms. The van der Waals surface area contributed by atoms with E-state index in [0.29, 0.717) is 11.7 Å². The molecule has 1 heterocycles. The summed E-state index contributed by atoms with van der Waals surface area (Å²) >= 11 is 5.96. The fourth-order valence-electron chi connectivity index (χ4n) is 3.56. The summed E-state index contributed by atoms with van der Waals surface area (Å²) in [5.41, 5.74) is 1.30. The lowest BCUT2D eigenvalue weighted by molar-refractivity contribution is 0.00240. The Hall–Kier alpha value is -1.20. The molecular formula is C21H26ClNO2S. The first-order chi connectivity index (χ1) is 12.7. The van der Waals surface area contributed by atoms with Gasteiger partial charge in [0.25, 0.3) is 0 Å². The van der Waals surface area contributed by atoms with Gasteiger partial charge in [-0.1, -0.05) is 41.9 Å². The van der Waals surface area contributed by atoms with Crippen molar-refractivity contribution in [1.29, 1.82) is 0 Å². The van der Waals surface area contributed by atoms with Crippen molar-refractivity contribution < 1.29 is 8.95 Å². The number of piperidine rings is 1. The van der Waals surface area contributed by atoms with Gasteiger partial charge in [0.15, 0.2) is 0 Å². The Labute approximate surface area is 163 Å². The van der Waals surface area contributed by atoms with Crippen LogP contribution in [-0.2, 0) is 22.0 Å². The molecule has 0 spiro atoms. The van der Waals surface area contributed by atoms with Crippen molar-refractivity contribution in [1.82, 2.24) is 4.90 Å². The number of rotatable bonds is 7. The number of methoxy groups -OCH3 is 1. The van der Waals surface area contributed by atoms with Crippen LogP contribution in [0.1, 0.15) is 12.0 Å². The molecule has 1 fully saturated rings. The van der Waals surface area contributed by atoms with Gasteiger partial charge in [-0.25, -0.2) is 0 Å². The third kappa shape index (κ3) is 5.40. The summed E-state index contributed by atoms with van der Waals surface area (Å²) in [5, 5.41) is 0.776. The van der Waals surface area contributed by atoms with E-state index in [1.54, 1.807) is 7.11 Å². The predicted octanol–water partition coefficient (Wildman–Crippen LogP) is 4.03. The van der Waals surface area contributed by atoms with E-state index >= 15 is 0 Å². The predicted molar refractivity (Wildman–Crippen MR) is 108 cm³/mol. The molecular weight excluding hydrogens is 366 g/mol. The molecule has 0 N–H and O–H groups in total. The Morgan fingerprint density at radius 2 is 1.88 bits per heavy atom. The zero-order valence-corrected chi connectivity index (χ0v) is 16.7. The fourth-order valence-corrected chi connectivity index (χ4v) is 5.05. The van der Waals surface area contributed by atoms with E-state index in [-0.39, 0.29) is 6.10 Å². The average molecular weight is 392 g/mol. The van der Waals surface area contributed by atoms with E-state index in [1.807, 2.05) is 42.5 Å². The Balaban J connectivity index is 1.57. The summed E-state index contributed by atoms with van der Waals surface area (Å²) in [5.74, 6) is 0.944. The van der Waals surface area contributed by atoms with Gasteiger partial charge < -0.3 is 9.64 Å². The Kier molecular flexibility index (Phi) is 7.26. The van der Waals surface area contributed by atoms with Crippen LogP contribution in [0.3, 0.4) is 0 Å². The van der Waals surface area contributed by atoms with Gasteiger partial charge in [-0.05, 0) is 42.7 Å². The number of ether oxygens (including phenoxy) is 1. The van der Waals surface area contributed by atoms with Crippen LogP contribution >= 0.6 is 11.6 Å². The van der Waals surface area contributed by atoms with Crippen LogP contribution in [0, 0.1) is 5.92 Å². The van der Waals surface area contributed by atoms with Gasteiger partial charge in [0.1, 0.15) is 0 Å². The summed E-state index contributed by atoms with van der Waals surface area (Å²) in [6.07, 6.45) is 2.19. The fraction of sp³-hybridized carbons (Fsp3) is 0.429. The highest BCUT2D eigenvalue weighted by Crippen LogP contribution is 2.23. The minimum Gasteiger partial charge on any atom is -0.381 e. The standard InChI is InChI=1S/C21H26ClNO2S/c1-25-21-12-14-23(13-11-17-7-9-19(22)10-8-17)15-18(21)16-26(24)20-5-3-2-4-6-20/h2-10,18,21H,11-16H2,1H3. The quantitative estimate of drug-likeness (QED) is 0.713. The minimum atomic E-state index is -0.982. The molecule has 3 unspecified atom stereocenters. The maximum Gasteiger partial charge on any atom is 0.0632 e. The SMILES string of the molecule is COC1CCN(CCc2ccc(Cl)cc2)CC1CS(=O)c1ccccc1. The lowest BCUT2D eigenvalue weighted by atomic mass is 9.96. The van der Waals surface area contributed by atoms with Crippen molar-refractivity contribution in [2.24, 2.45) is 5.92 Å². The van der Waals surface area contributed by atoms with Gasteiger partial charge in [0.2, 0.25) is 0 Å². The molecule has 2 aromatic rings. The van der Waals surface area contributed by atoms with E-state index in [1.165, 1.54) is 5.56 Å². The van der Waals surface area contributed by atoms with Crippen LogP contribution in [0.4, 0.5) is 0 Å². The Morgan fingerprint density at radius 1 is 1.15 bits per heavy atom. The van der Waals surface area contributed by atoms with Crippen LogP contribution < -0.4 is 0 Å². The Bertz CT molecular complexity index is 708. The smallest absolute Gasteiger partial charge is 0.0632 e. The maximum absolute atomic E-state index is 12.7. The molecule has 1 aliphatic rings. The van der Waals surface area contributed by atoms with Crippen molar-refractivity contribution in [3.63, 3.8) is 0 Å². The molecule has 0 saturated carbocycles. The van der Waals surface area contributed by atoms with E-state index in [9.17, 15) is 4.21 Å². The average Bonchev–Trinajstić information content (AvgIpc) is 2.68. The van der Waals surface area contributed by atoms with E-state index in [2.05, 4.69) is 17.0 Å². The number of nitrogens with zero attached hydrogens (tertiary/aromatic N) is 1. The van der Waals surface area contributed by atoms with E-state index in [0.717, 1.165) is 42.4 Å². The van der Waals surface area contributed by atoms with Crippen molar-refractivity contribution in [3.05, 3.63) is 65.2 Å². The first-order valence-corrected chi connectivity index (χ1v) is 10.8. The first-order valence-electron chi connectivity index (χ1n) is 9.08. The summed E-state index contributed by atoms with van der Waals surface area (Å²) in [7, 11) is 0.788. The summed E-state index contributed by atoms with van der Waals surface area (Å²) < 4.78 is 18.4. The molecule has 0 radical (unpaired) electrons. The normalized spacial score (nSPS) is 22.2. The van der Waals surface area contributed by atoms with E-state index in [4.69, 9.17) is 16.3 Å². The lowest BCUT2D eigenvalue weighted by Crippen LogP contribution is -2.46. The molecule has 3 nitrogen and oxygen atoms in total. The number of benzene rings is 2. The highest BCUT2D eigenvalue weighted by molar-refractivity contribution is 7.85. The molecule has 3 rings (SSSR count). The molecule has 140 valence electrons. The van der Waals surface area contributed by atoms with Crippen LogP contribution in [-0.4, -0.2) is 47.7 Å². The zero-order chi connectivity index (χ0) is 18.4. The van der Waals surface area contributed by atoms with Gasteiger partial charge in [-0.15, -0.1) is 0 Å². The highest BCUT2D eigenvalue weighted by atomic mass is 35.5. The summed E-state index contributed by atoms with van der Waals surface area (Å²) in [6.45, 7) is 2.97. The van der Waals surface area contributed by atoms with Crippen molar-refractivity contribution in [2.75, 3.05) is 32.5 Å². The van der Waals surface area contributed by atoms with E-state index < -0.39 is 10.8 Å². The Morgan fingerprint density at radius 3 is 2.58 bits per heavy atom. The summed E-state index contributed by atoms with van der Waals surface area (Å²) in [6, 6.07) is 17.8. The lowest BCUT2D eigenvalue weighted by Gasteiger charge is -2.37. The number of hydrogen-bond acceptors (Lipinski definition) is 3. The summed E-state index contributed by atoms with van der Waals surface area (Å²) in [4.78, 5) is 3.37. The minimum absolute atomic E-state index is 0.189. The zero-order valence-electron chi connectivity index (χ0n) is 15.1. The molecule has 0 amide bonds. The molecule has 5 heteroatoms. The number of hydrogen-bond donors (Lipinski definition) is 0. The maximum atomic E-state index is 12.7. The second-order valence-corrected chi connectivity index (χ2v) is 8.76. The van der Waals surface area contributed by atoms with Gasteiger partial charge >= 0.3 is 0 Å². The van der Waals surface area contributed by atoms with Crippen LogP contribution in [0.15, 0.2) is 59.5 Å². The van der Waals surface area contributed by atoms with Gasteiger partial charge in [-0.2, -0.15) is 0 Å². The monoisotopic (exact) mass is 391 g/mol. The molecule has 3 atom stereocenters. The first kappa shape index (κ1) is 19.6. The van der Waals surface area contributed by atoms with Crippen molar-refractivity contribution >= 4 is 22.4 Å². The molecule has 1 aliphatic heterocycles. The van der Waals surface area contributed by atoms with Crippen molar-refractivity contribution in [3.8, 4) is 0 Å². The second-order valence-electron chi connectivity index (χ2n) is 6.83. The van der Waals surface area contributed by atoms with Gasteiger partial charge in [0, 0.05) is 48.3 Å².